The minimum absolute atomic E-state index is 0.121. The number of aliphatic hydroxyl groups excluding tert-OH is 1. The standard InChI is InChI=1S/C26H18BrClN2O6S/c1-35-15-6-3-12(4-7-15)22(31)20-21(13-9-16(27)23(32)18(10-13)36-2)30(25(34)24(20)33)26-29-17-8-5-14(28)11-19(17)37-26/h3-11,21,31-32H,1-2H3. The molecule has 0 saturated carbocycles. The first kappa shape index (κ1) is 25.1. The Kier molecular flexibility index (Phi) is 6.57. The Morgan fingerprint density at radius 3 is 2.49 bits per heavy atom. The SMILES string of the molecule is COc1ccc(C(O)=C2C(=O)C(=O)N(c3nc4ccc(Cl)cc4s3)C2c2cc(Br)c(O)c(OC)c2)cc1. The van der Waals surface area contributed by atoms with Crippen LogP contribution < -0.4 is 14.4 Å². The van der Waals surface area contributed by atoms with Crippen molar-refractivity contribution in [3.8, 4) is 17.2 Å². The highest BCUT2D eigenvalue weighted by Crippen LogP contribution is 2.47. The molecule has 0 spiro atoms. The molecule has 2 N–H and O–H groups in total. The number of hydrogen-bond donors (Lipinski definition) is 2. The van der Waals surface area contributed by atoms with E-state index in [0.717, 1.165) is 4.70 Å². The van der Waals surface area contributed by atoms with Crippen molar-refractivity contribution in [3.05, 3.63) is 80.8 Å². The van der Waals surface area contributed by atoms with Crippen LogP contribution in [0.4, 0.5) is 5.13 Å². The van der Waals surface area contributed by atoms with Crippen LogP contribution in [0, 0.1) is 0 Å². The molecule has 0 bridgehead atoms. The number of hydrogen-bond acceptors (Lipinski definition) is 8. The van der Waals surface area contributed by atoms with E-state index in [4.69, 9.17) is 21.1 Å². The Morgan fingerprint density at radius 1 is 1.08 bits per heavy atom. The third-order valence-electron chi connectivity index (χ3n) is 5.94. The highest BCUT2D eigenvalue weighted by atomic mass is 79.9. The molecule has 1 aliphatic rings. The number of aromatic hydroxyl groups is 1. The van der Waals surface area contributed by atoms with Crippen LogP contribution in [-0.4, -0.2) is 41.1 Å². The first-order valence-electron chi connectivity index (χ1n) is 10.8. The van der Waals surface area contributed by atoms with Gasteiger partial charge in [0.1, 0.15) is 11.5 Å². The van der Waals surface area contributed by atoms with Crippen molar-refractivity contribution >= 4 is 71.7 Å². The van der Waals surface area contributed by atoms with Crippen molar-refractivity contribution in [1.29, 1.82) is 0 Å². The molecule has 3 aromatic carbocycles. The molecule has 5 rings (SSSR count). The number of ether oxygens (including phenoxy) is 2. The summed E-state index contributed by atoms with van der Waals surface area (Å²) in [4.78, 5) is 32.7. The van der Waals surface area contributed by atoms with E-state index in [1.807, 2.05) is 0 Å². The smallest absolute Gasteiger partial charge is 0.301 e. The molecule has 1 saturated heterocycles. The van der Waals surface area contributed by atoms with Gasteiger partial charge < -0.3 is 19.7 Å². The number of methoxy groups -OCH3 is 2. The van der Waals surface area contributed by atoms with Crippen molar-refractivity contribution in [2.75, 3.05) is 19.1 Å². The lowest BCUT2D eigenvalue weighted by atomic mass is 9.95. The molecule has 188 valence electrons. The Hall–Kier alpha value is -3.60. The van der Waals surface area contributed by atoms with E-state index in [0.29, 0.717) is 27.4 Å². The molecule has 4 aromatic rings. The maximum absolute atomic E-state index is 13.4. The summed E-state index contributed by atoms with van der Waals surface area (Å²) in [5.74, 6) is -1.55. The lowest BCUT2D eigenvalue weighted by Gasteiger charge is -2.24. The van der Waals surface area contributed by atoms with Crippen LogP contribution in [0.2, 0.25) is 5.02 Å². The summed E-state index contributed by atoms with van der Waals surface area (Å²) in [7, 11) is 2.90. The van der Waals surface area contributed by atoms with E-state index in [2.05, 4.69) is 20.9 Å². The number of ketones is 1. The lowest BCUT2D eigenvalue weighted by Crippen LogP contribution is -2.29. The number of anilines is 1. The van der Waals surface area contributed by atoms with Gasteiger partial charge in [0.25, 0.3) is 5.78 Å². The first-order valence-corrected chi connectivity index (χ1v) is 12.8. The van der Waals surface area contributed by atoms with Crippen LogP contribution in [0.3, 0.4) is 0 Å². The summed E-state index contributed by atoms with van der Waals surface area (Å²) < 4.78 is 11.5. The molecule has 1 fully saturated rings. The monoisotopic (exact) mass is 600 g/mol. The van der Waals surface area contributed by atoms with Crippen molar-refractivity contribution in [3.63, 3.8) is 0 Å². The predicted octanol–water partition coefficient (Wildman–Crippen LogP) is 6.06. The Balaban J connectivity index is 1.76. The number of rotatable bonds is 5. The first-order chi connectivity index (χ1) is 17.7. The molecule has 1 aromatic heterocycles. The fourth-order valence-electron chi connectivity index (χ4n) is 4.15. The van der Waals surface area contributed by atoms with Gasteiger partial charge in [-0.2, -0.15) is 0 Å². The summed E-state index contributed by atoms with van der Waals surface area (Å²) in [6.07, 6.45) is 0. The number of aliphatic hydroxyl groups is 1. The Bertz CT molecular complexity index is 1600. The zero-order valence-corrected chi connectivity index (χ0v) is 22.5. The molecular weight excluding hydrogens is 584 g/mol. The van der Waals surface area contributed by atoms with Crippen LogP contribution in [0.1, 0.15) is 17.2 Å². The number of carbonyl (C=O) groups is 2. The zero-order chi connectivity index (χ0) is 26.4. The third-order valence-corrected chi connectivity index (χ3v) is 7.80. The van der Waals surface area contributed by atoms with Crippen LogP contribution in [-0.2, 0) is 9.59 Å². The second kappa shape index (κ2) is 9.70. The van der Waals surface area contributed by atoms with Gasteiger partial charge in [-0.1, -0.05) is 22.9 Å². The van der Waals surface area contributed by atoms with Crippen LogP contribution in [0.5, 0.6) is 17.2 Å². The summed E-state index contributed by atoms with van der Waals surface area (Å²) in [6.45, 7) is 0. The predicted molar refractivity (Wildman–Crippen MR) is 145 cm³/mol. The molecular formula is C26H18BrClN2O6S. The third kappa shape index (κ3) is 4.30. The van der Waals surface area contributed by atoms with E-state index < -0.39 is 17.7 Å². The molecule has 1 amide bonds. The molecule has 1 aliphatic heterocycles. The normalized spacial score (nSPS) is 17.0. The van der Waals surface area contributed by atoms with E-state index in [1.165, 1.54) is 36.5 Å². The van der Waals surface area contributed by atoms with E-state index in [1.54, 1.807) is 48.5 Å². The number of halogens is 2. The number of phenolic OH excluding ortho intramolecular Hbond substituents is 1. The van der Waals surface area contributed by atoms with Gasteiger partial charge in [-0.3, -0.25) is 14.5 Å². The van der Waals surface area contributed by atoms with Gasteiger partial charge in [-0.25, -0.2) is 4.98 Å². The number of amides is 1. The van der Waals surface area contributed by atoms with Crippen molar-refractivity contribution in [2.24, 2.45) is 0 Å². The maximum atomic E-state index is 13.4. The maximum Gasteiger partial charge on any atom is 0.301 e. The van der Waals surface area contributed by atoms with Gasteiger partial charge in [0, 0.05) is 10.6 Å². The van der Waals surface area contributed by atoms with Gasteiger partial charge in [0.2, 0.25) is 0 Å². The number of aromatic nitrogens is 1. The second-order valence-electron chi connectivity index (χ2n) is 8.06. The van der Waals surface area contributed by atoms with Gasteiger partial charge in [-0.05, 0) is 76.1 Å². The largest absolute Gasteiger partial charge is 0.507 e. The fourth-order valence-corrected chi connectivity index (χ4v) is 5.87. The number of phenols is 1. The summed E-state index contributed by atoms with van der Waals surface area (Å²) >= 11 is 10.6. The molecule has 1 atom stereocenters. The molecule has 8 nitrogen and oxygen atoms in total. The van der Waals surface area contributed by atoms with E-state index in [-0.39, 0.29) is 32.4 Å². The van der Waals surface area contributed by atoms with Crippen molar-refractivity contribution in [2.45, 2.75) is 6.04 Å². The molecule has 0 aliphatic carbocycles. The topological polar surface area (TPSA) is 109 Å². The average molecular weight is 602 g/mol. The lowest BCUT2D eigenvalue weighted by molar-refractivity contribution is -0.132. The van der Waals surface area contributed by atoms with Crippen LogP contribution >= 0.6 is 38.9 Å². The minimum atomic E-state index is -1.07. The zero-order valence-electron chi connectivity index (χ0n) is 19.4. The fraction of sp³-hybridized carbons (Fsp3) is 0.115. The number of carbonyl (C=O) groups excluding carboxylic acids is 2. The Labute approximate surface area is 228 Å². The molecule has 1 unspecified atom stereocenters. The second-order valence-corrected chi connectivity index (χ2v) is 10.4. The van der Waals surface area contributed by atoms with Crippen molar-refractivity contribution < 1.29 is 29.3 Å². The highest BCUT2D eigenvalue weighted by molar-refractivity contribution is 9.10. The van der Waals surface area contributed by atoms with Crippen molar-refractivity contribution in [1.82, 2.24) is 4.98 Å². The summed E-state index contributed by atoms with van der Waals surface area (Å²) in [6, 6.07) is 13.6. The number of fused-ring (bicyclic) bond motifs is 1. The molecule has 37 heavy (non-hydrogen) atoms. The quantitative estimate of drug-likeness (QED) is 0.163. The number of thiazole rings is 1. The van der Waals surface area contributed by atoms with E-state index in [9.17, 15) is 19.8 Å². The highest BCUT2D eigenvalue weighted by Gasteiger charge is 2.48. The number of nitrogens with zero attached hydrogens (tertiary/aromatic N) is 2. The molecule has 11 heteroatoms. The number of Topliss-reactive ketones (excluding diaryl/α,β-unsaturated/α-hetero) is 1. The van der Waals surface area contributed by atoms with Gasteiger partial charge >= 0.3 is 5.91 Å². The van der Waals surface area contributed by atoms with Gasteiger partial charge in [-0.15, -0.1) is 0 Å². The summed E-state index contributed by atoms with van der Waals surface area (Å²) in [5, 5.41) is 22.4. The molecule has 2 heterocycles. The Morgan fingerprint density at radius 2 is 1.81 bits per heavy atom. The van der Waals surface area contributed by atoms with Crippen LogP contribution in [0.25, 0.3) is 16.0 Å². The summed E-state index contributed by atoms with van der Waals surface area (Å²) in [5.41, 5.74) is 1.20. The molecule has 0 radical (unpaired) electrons. The van der Waals surface area contributed by atoms with Gasteiger partial charge in [0.05, 0.1) is 40.5 Å². The van der Waals surface area contributed by atoms with Gasteiger partial charge in [0.15, 0.2) is 16.6 Å². The minimum Gasteiger partial charge on any atom is -0.507 e. The van der Waals surface area contributed by atoms with E-state index >= 15 is 0 Å². The van der Waals surface area contributed by atoms with Crippen LogP contribution in [0.15, 0.2) is 64.6 Å². The average Bonchev–Trinajstić information content (AvgIpc) is 3.42. The number of benzene rings is 3.